The molecular formula is C18H14BrFN4O5. The van der Waals surface area contributed by atoms with E-state index in [0.717, 1.165) is 18.2 Å². The number of nitro benzene ring substituents is 1. The van der Waals surface area contributed by atoms with Crippen molar-refractivity contribution in [3.8, 4) is 0 Å². The number of carbonyl (C=O) groups is 3. The molecule has 0 unspecified atom stereocenters. The van der Waals surface area contributed by atoms with Gasteiger partial charge in [-0.2, -0.15) is 0 Å². The highest BCUT2D eigenvalue weighted by Gasteiger charge is 2.50. The molecule has 2 aromatic rings. The van der Waals surface area contributed by atoms with Crippen LogP contribution in [-0.2, 0) is 15.1 Å². The van der Waals surface area contributed by atoms with Gasteiger partial charge in [0.2, 0.25) is 5.91 Å². The van der Waals surface area contributed by atoms with E-state index in [-0.39, 0.29) is 0 Å². The normalized spacial score (nSPS) is 18.5. The standard InChI is InChI=1S/C18H14BrFN4O5/c1-18(11-4-2-3-5-12(11)19)16(26)23(17(27)22-18)9-15(25)21-14-8-10(24(28)29)6-7-13(14)20/h2-8H,9H2,1H3,(H,21,25)(H,22,27)/t18-/m1/s1. The molecule has 2 aromatic carbocycles. The molecule has 1 aliphatic heterocycles. The van der Waals surface area contributed by atoms with E-state index >= 15 is 0 Å². The Kier molecular flexibility index (Phi) is 5.33. The molecule has 1 saturated heterocycles. The number of urea groups is 1. The fourth-order valence-corrected chi connectivity index (χ4v) is 3.63. The Hall–Kier alpha value is -3.34. The SMILES string of the molecule is C[C@]1(c2ccccc2Br)NC(=O)N(CC(=O)Nc2cc([N+](=O)[O-])ccc2F)C1=O. The van der Waals surface area contributed by atoms with Gasteiger partial charge in [0.25, 0.3) is 11.6 Å². The summed E-state index contributed by atoms with van der Waals surface area (Å²) in [6.45, 7) is 0.818. The predicted molar refractivity (Wildman–Crippen MR) is 103 cm³/mol. The van der Waals surface area contributed by atoms with E-state index < -0.39 is 52.0 Å². The number of carbonyl (C=O) groups excluding carboxylic acids is 3. The van der Waals surface area contributed by atoms with Crippen molar-refractivity contribution in [3.05, 3.63) is 68.4 Å². The Morgan fingerprint density at radius 1 is 1.31 bits per heavy atom. The maximum Gasteiger partial charge on any atom is 0.325 e. The summed E-state index contributed by atoms with van der Waals surface area (Å²) in [5.74, 6) is -2.44. The summed E-state index contributed by atoms with van der Waals surface area (Å²) in [6.07, 6.45) is 0. The number of non-ortho nitro benzene ring substituents is 1. The van der Waals surface area contributed by atoms with Crippen molar-refractivity contribution in [2.45, 2.75) is 12.5 Å². The zero-order chi connectivity index (χ0) is 21.3. The smallest absolute Gasteiger partial charge is 0.322 e. The van der Waals surface area contributed by atoms with E-state index in [4.69, 9.17) is 0 Å². The van der Waals surface area contributed by atoms with Crippen LogP contribution < -0.4 is 10.6 Å². The number of hydrogen-bond donors (Lipinski definition) is 2. The summed E-state index contributed by atoms with van der Waals surface area (Å²) >= 11 is 3.33. The van der Waals surface area contributed by atoms with Gasteiger partial charge in [0, 0.05) is 22.2 Å². The van der Waals surface area contributed by atoms with E-state index in [1.165, 1.54) is 6.92 Å². The summed E-state index contributed by atoms with van der Waals surface area (Å²) < 4.78 is 14.4. The minimum Gasteiger partial charge on any atom is -0.322 e. The first-order valence-corrected chi connectivity index (χ1v) is 9.05. The molecule has 1 atom stereocenters. The average molecular weight is 465 g/mol. The molecule has 9 nitrogen and oxygen atoms in total. The lowest BCUT2D eigenvalue weighted by Crippen LogP contribution is -2.42. The second-order valence-electron chi connectivity index (χ2n) is 6.40. The second kappa shape index (κ2) is 7.59. The first-order valence-electron chi connectivity index (χ1n) is 8.26. The summed E-state index contributed by atoms with van der Waals surface area (Å²) in [7, 11) is 0. The number of amides is 4. The Morgan fingerprint density at radius 3 is 2.66 bits per heavy atom. The van der Waals surface area contributed by atoms with Crippen molar-refractivity contribution in [1.82, 2.24) is 10.2 Å². The van der Waals surface area contributed by atoms with Crippen molar-refractivity contribution in [1.29, 1.82) is 0 Å². The van der Waals surface area contributed by atoms with Crippen molar-refractivity contribution >= 4 is 45.2 Å². The highest BCUT2D eigenvalue weighted by atomic mass is 79.9. The van der Waals surface area contributed by atoms with Crippen molar-refractivity contribution in [2.24, 2.45) is 0 Å². The highest BCUT2D eigenvalue weighted by Crippen LogP contribution is 2.33. The molecule has 0 aromatic heterocycles. The molecule has 0 aliphatic carbocycles. The molecule has 150 valence electrons. The summed E-state index contributed by atoms with van der Waals surface area (Å²) in [6, 6.07) is 8.66. The third-order valence-corrected chi connectivity index (χ3v) is 5.12. The van der Waals surface area contributed by atoms with Gasteiger partial charge in [-0.3, -0.25) is 24.6 Å². The monoisotopic (exact) mass is 464 g/mol. The summed E-state index contributed by atoms with van der Waals surface area (Å²) in [4.78, 5) is 48.2. The topological polar surface area (TPSA) is 122 Å². The number of rotatable bonds is 5. The van der Waals surface area contributed by atoms with Crippen LogP contribution >= 0.6 is 15.9 Å². The van der Waals surface area contributed by atoms with Gasteiger partial charge < -0.3 is 10.6 Å². The number of nitrogens with one attached hydrogen (secondary N) is 2. The fourth-order valence-electron chi connectivity index (χ4n) is 2.95. The molecule has 0 bridgehead atoms. The van der Waals surface area contributed by atoms with Crippen LogP contribution in [0.15, 0.2) is 46.9 Å². The van der Waals surface area contributed by atoms with Crippen LogP contribution in [0.1, 0.15) is 12.5 Å². The lowest BCUT2D eigenvalue weighted by atomic mass is 9.92. The van der Waals surface area contributed by atoms with Gasteiger partial charge >= 0.3 is 6.03 Å². The van der Waals surface area contributed by atoms with Gasteiger partial charge in [-0.05, 0) is 19.1 Å². The van der Waals surface area contributed by atoms with Crippen LogP contribution in [0.3, 0.4) is 0 Å². The summed E-state index contributed by atoms with van der Waals surface area (Å²) in [5, 5.41) is 15.5. The zero-order valence-corrected chi connectivity index (χ0v) is 16.5. The van der Waals surface area contributed by atoms with Crippen LogP contribution in [0.4, 0.5) is 20.6 Å². The zero-order valence-electron chi connectivity index (χ0n) is 14.9. The van der Waals surface area contributed by atoms with Gasteiger partial charge in [0.05, 0.1) is 10.6 Å². The number of hydrogen-bond acceptors (Lipinski definition) is 5. The maximum absolute atomic E-state index is 13.8. The fraction of sp³-hybridized carbons (Fsp3) is 0.167. The van der Waals surface area contributed by atoms with E-state index in [0.29, 0.717) is 14.9 Å². The third kappa shape index (κ3) is 3.81. The second-order valence-corrected chi connectivity index (χ2v) is 7.25. The number of imide groups is 1. The van der Waals surface area contributed by atoms with Crippen LogP contribution in [-0.4, -0.2) is 34.2 Å². The minimum absolute atomic E-state index is 0.418. The van der Waals surface area contributed by atoms with Gasteiger partial charge in [-0.15, -0.1) is 0 Å². The third-order valence-electron chi connectivity index (χ3n) is 4.42. The molecule has 4 amide bonds. The molecule has 3 rings (SSSR count). The van der Waals surface area contributed by atoms with Gasteiger partial charge in [0.1, 0.15) is 17.9 Å². The molecule has 1 fully saturated rings. The number of anilines is 1. The predicted octanol–water partition coefficient (Wildman–Crippen LogP) is 2.90. The van der Waals surface area contributed by atoms with Gasteiger partial charge in [-0.25, -0.2) is 9.18 Å². The van der Waals surface area contributed by atoms with Crippen molar-refractivity contribution < 1.29 is 23.7 Å². The van der Waals surface area contributed by atoms with Crippen molar-refractivity contribution in [2.75, 3.05) is 11.9 Å². The quantitative estimate of drug-likeness (QED) is 0.400. The van der Waals surface area contributed by atoms with Gasteiger partial charge in [0.15, 0.2) is 0 Å². The summed E-state index contributed by atoms with van der Waals surface area (Å²) in [5.41, 5.74) is -1.73. The lowest BCUT2D eigenvalue weighted by molar-refractivity contribution is -0.384. The molecule has 29 heavy (non-hydrogen) atoms. The first-order chi connectivity index (χ1) is 13.6. The van der Waals surface area contributed by atoms with Crippen molar-refractivity contribution in [3.63, 3.8) is 0 Å². The molecule has 1 heterocycles. The average Bonchev–Trinajstić information content (AvgIpc) is 2.87. The maximum atomic E-state index is 13.8. The molecule has 0 spiro atoms. The first kappa shape index (κ1) is 20.4. The lowest BCUT2D eigenvalue weighted by Gasteiger charge is -2.23. The Morgan fingerprint density at radius 2 is 2.00 bits per heavy atom. The highest BCUT2D eigenvalue weighted by molar-refractivity contribution is 9.10. The van der Waals surface area contributed by atoms with Crippen LogP contribution in [0.2, 0.25) is 0 Å². The van der Waals surface area contributed by atoms with E-state index in [1.807, 2.05) is 0 Å². The molecule has 0 radical (unpaired) electrons. The van der Waals surface area contributed by atoms with Crippen LogP contribution in [0.25, 0.3) is 0 Å². The van der Waals surface area contributed by atoms with E-state index in [1.54, 1.807) is 24.3 Å². The number of halogens is 2. The Labute approximate surface area is 172 Å². The Bertz CT molecular complexity index is 1050. The van der Waals surface area contributed by atoms with Gasteiger partial charge in [-0.1, -0.05) is 34.1 Å². The number of nitrogens with zero attached hydrogens (tertiary/aromatic N) is 2. The molecule has 0 saturated carbocycles. The molecular weight excluding hydrogens is 451 g/mol. The van der Waals surface area contributed by atoms with E-state index in [9.17, 15) is 28.9 Å². The molecule has 11 heteroatoms. The Balaban J connectivity index is 1.79. The van der Waals surface area contributed by atoms with Crippen LogP contribution in [0.5, 0.6) is 0 Å². The van der Waals surface area contributed by atoms with Crippen LogP contribution in [0, 0.1) is 15.9 Å². The largest absolute Gasteiger partial charge is 0.325 e. The molecule has 2 N–H and O–H groups in total. The minimum atomic E-state index is -1.39. The number of benzene rings is 2. The number of nitro groups is 1. The molecule has 1 aliphatic rings. The van der Waals surface area contributed by atoms with E-state index in [2.05, 4.69) is 26.6 Å².